The Morgan fingerprint density at radius 1 is 1.31 bits per heavy atom. The summed E-state index contributed by atoms with van der Waals surface area (Å²) >= 11 is 0. The number of pyridine rings is 1. The summed E-state index contributed by atoms with van der Waals surface area (Å²) in [5, 5.41) is 9.98. The zero-order chi connectivity index (χ0) is 18.4. The molecule has 0 unspecified atom stereocenters. The second-order valence-corrected chi connectivity index (χ2v) is 6.40. The fourth-order valence-corrected chi connectivity index (χ4v) is 3.24. The van der Waals surface area contributed by atoms with Crippen molar-refractivity contribution in [2.24, 2.45) is 5.92 Å². The molecule has 0 bridgehead atoms. The number of hydrogen-bond acceptors (Lipinski definition) is 4. The number of rotatable bonds is 6. The smallest absolute Gasteiger partial charge is 0.243 e. The van der Waals surface area contributed by atoms with Crippen molar-refractivity contribution < 1.29 is 9.59 Å². The molecule has 2 atom stereocenters. The molecule has 1 aliphatic rings. The van der Waals surface area contributed by atoms with Crippen LogP contribution in [-0.2, 0) is 16.1 Å². The van der Waals surface area contributed by atoms with E-state index >= 15 is 0 Å². The minimum Gasteiger partial charge on any atom is -0.352 e. The SMILES string of the molecule is C=CC(=O)N[C@@H]1CCCC[C@@H]1C(=O)NCc1ccc(-n2cccn2)nc1. The zero-order valence-corrected chi connectivity index (χ0v) is 14.6. The molecule has 2 heterocycles. The highest BCUT2D eigenvalue weighted by Crippen LogP contribution is 2.24. The van der Waals surface area contributed by atoms with Gasteiger partial charge in [-0.2, -0.15) is 5.10 Å². The lowest BCUT2D eigenvalue weighted by molar-refractivity contribution is -0.127. The van der Waals surface area contributed by atoms with Crippen LogP contribution in [0.4, 0.5) is 0 Å². The number of carbonyl (C=O) groups excluding carboxylic acids is 2. The van der Waals surface area contributed by atoms with Crippen molar-refractivity contribution >= 4 is 11.8 Å². The first-order chi connectivity index (χ1) is 12.7. The molecule has 2 amide bonds. The molecule has 2 aromatic rings. The number of nitrogens with zero attached hydrogens (tertiary/aromatic N) is 3. The summed E-state index contributed by atoms with van der Waals surface area (Å²) in [7, 11) is 0. The van der Waals surface area contributed by atoms with Crippen molar-refractivity contribution in [2.45, 2.75) is 38.3 Å². The molecule has 0 radical (unpaired) electrons. The Kier molecular flexibility index (Phi) is 5.78. The fourth-order valence-electron chi connectivity index (χ4n) is 3.24. The van der Waals surface area contributed by atoms with E-state index in [1.54, 1.807) is 17.1 Å². The van der Waals surface area contributed by atoms with Crippen LogP contribution in [-0.4, -0.2) is 32.6 Å². The van der Waals surface area contributed by atoms with E-state index in [0.29, 0.717) is 6.54 Å². The highest BCUT2D eigenvalue weighted by atomic mass is 16.2. The number of nitrogens with one attached hydrogen (secondary N) is 2. The molecular weight excluding hydrogens is 330 g/mol. The van der Waals surface area contributed by atoms with Crippen LogP contribution in [0.15, 0.2) is 49.4 Å². The Morgan fingerprint density at radius 3 is 2.85 bits per heavy atom. The summed E-state index contributed by atoms with van der Waals surface area (Å²) in [6.45, 7) is 3.88. The van der Waals surface area contributed by atoms with Gasteiger partial charge in [0.2, 0.25) is 11.8 Å². The molecule has 2 aromatic heterocycles. The van der Waals surface area contributed by atoms with E-state index in [2.05, 4.69) is 27.3 Å². The first-order valence-corrected chi connectivity index (χ1v) is 8.83. The van der Waals surface area contributed by atoms with Gasteiger partial charge in [-0.15, -0.1) is 0 Å². The molecule has 7 nitrogen and oxygen atoms in total. The number of aromatic nitrogens is 3. The summed E-state index contributed by atoms with van der Waals surface area (Å²) in [5.74, 6) is 0.261. The van der Waals surface area contributed by atoms with Gasteiger partial charge >= 0.3 is 0 Å². The molecule has 2 N–H and O–H groups in total. The Bertz CT molecular complexity index is 755. The van der Waals surface area contributed by atoms with Crippen LogP contribution in [0.1, 0.15) is 31.2 Å². The van der Waals surface area contributed by atoms with Crippen LogP contribution in [0.3, 0.4) is 0 Å². The second kappa shape index (κ2) is 8.42. The molecular formula is C19H23N5O2. The van der Waals surface area contributed by atoms with E-state index in [9.17, 15) is 9.59 Å². The highest BCUT2D eigenvalue weighted by molar-refractivity contribution is 5.88. The van der Waals surface area contributed by atoms with Crippen LogP contribution < -0.4 is 10.6 Å². The van der Waals surface area contributed by atoms with E-state index in [0.717, 1.165) is 37.1 Å². The molecule has 0 aromatic carbocycles. The third-order valence-electron chi connectivity index (χ3n) is 4.63. The number of carbonyl (C=O) groups is 2. The molecule has 26 heavy (non-hydrogen) atoms. The summed E-state index contributed by atoms with van der Waals surface area (Å²) in [6, 6.07) is 5.49. The van der Waals surface area contributed by atoms with Crippen molar-refractivity contribution in [3.8, 4) is 5.82 Å². The Hall–Kier alpha value is -2.96. The maximum absolute atomic E-state index is 12.6. The first kappa shape index (κ1) is 17.8. The van der Waals surface area contributed by atoms with Gasteiger partial charge in [-0.25, -0.2) is 9.67 Å². The summed E-state index contributed by atoms with van der Waals surface area (Å²) in [4.78, 5) is 28.5. The molecule has 0 spiro atoms. The maximum Gasteiger partial charge on any atom is 0.243 e. The number of amides is 2. The summed E-state index contributed by atoms with van der Waals surface area (Å²) < 4.78 is 1.68. The second-order valence-electron chi connectivity index (χ2n) is 6.40. The monoisotopic (exact) mass is 353 g/mol. The Balaban J connectivity index is 1.57. The Morgan fingerprint density at radius 2 is 2.15 bits per heavy atom. The topological polar surface area (TPSA) is 88.9 Å². The third-order valence-corrected chi connectivity index (χ3v) is 4.63. The van der Waals surface area contributed by atoms with Gasteiger partial charge in [0.1, 0.15) is 0 Å². The van der Waals surface area contributed by atoms with Crippen LogP contribution in [0.2, 0.25) is 0 Å². The van der Waals surface area contributed by atoms with Crippen LogP contribution in [0.5, 0.6) is 0 Å². The molecule has 7 heteroatoms. The van der Waals surface area contributed by atoms with Crippen molar-refractivity contribution in [1.82, 2.24) is 25.4 Å². The average Bonchev–Trinajstić information content (AvgIpc) is 3.21. The normalized spacial score (nSPS) is 19.5. The fraction of sp³-hybridized carbons (Fsp3) is 0.368. The highest BCUT2D eigenvalue weighted by Gasteiger charge is 2.31. The minimum atomic E-state index is -0.229. The zero-order valence-electron chi connectivity index (χ0n) is 14.6. The van der Waals surface area contributed by atoms with Crippen molar-refractivity contribution in [3.63, 3.8) is 0 Å². The van der Waals surface area contributed by atoms with Gasteiger partial charge in [-0.1, -0.05) is 25.5 Å². The first-order valence-electron chi connectivity index (χ1n) is 8.83. The lowest BCUT2D eigenvalue weighted by atomic mass is 9.83. The average molecular weight is 353 g/mol. The van der Waals surface area contributed by atoms with Crippen LogP contribution in [0, 0.1) is 5.92 Å². The van der Waals surface area contributed by atoms with E-state index in [1.165, 1.54) is 6.08 Å². The Labute approximate surface area is 152 Å². The number of hydrogen-bond donors (Lipinski definition) is 2. The minimum absolute atomic E-state index is 0.0322. The van der Waals surface area contributed by atoms with Crippen molar-refractivity contribution in [1.29, 1.82) is 0 Å². The van der Waals surface area contributed by atoms with Gasteiger partial charge < -0.3 is 10.6 Å². The largest absolute Gasteiger partial charge is 0.352 e. The van der Waals surface area contributed by atoms with Crippen molar-refractivity contribution in [2.75, 3.05) is 0 Å². The predicted octanol–water partition coefficient (Wildman–Crippen LogP) is 1.74. The third kappa shape index (κ3) is 4.36. The molecule has 1 saturated carbocycles. The van der Waals surface area contributed by atoms with E-state index in [1.807, 2.05) is 24.4 Å². The van der Waals surface area contributed by atoms with Crippen LogP contribution in [0.25, 0.3) is 5.82 Å². The maximum atomic E-state index is 12.6. The summed E-state index contributed by atoms with van der Waals surface area (Å²) in [6.07, 6.45) is 10.1. The lowest BCUT2D eigenvalue weighted by Gasteiger charge is -2.31. The van der Waals surface area contributed by atoms with Gasteiger partial charge in [0.25, 0.3) is 0 Å². The molecule has 136 valence electrons. The van der Waals surface area contributed by atoms with E-state index < -0.39 is 0 Å². The van der Waals surface area contributed by atoms with Gasteiger partial charge in [0.05, 0.1) is 5.92 Å². The standard InChI is InChI=1S/C19H23N5O2/c1-2-18(25)23-16-7-4-3-6-15(16)19(26)21-13-14-8-9-17(20-12-14)24-11-5-10-22-24/h2,5,8-12,15-16H,1,3-4,6-7,13H2,(H,21,26)(H,23,25)/t15-,16+/m0/s1. The predicted molar refractivity (Wildman–Crippen MR) is 97.3 cm³/mol. The molecule has 0 saturated heterocycles. The van der Waals surface area contributed by atoms with Crippen molar-refractivity contribution in [3.05, 3.63) is 55.0 Å². The van der Waals surface area contributed by atoms with E-state index in [-0.39, 0.29) is 23.8 Å². The van der Waals surface area contributed by atoms with E-state index in [4.69, 9.17) is 0 Å². The quantitative estimate of drug-likeness (QED) is 0.774. The van der Waals surface area contributed by atoms with Crippen LogP contribution >= 0.6 is 0 Å². The van der Waals surface area contributed by atoms with Gasteiger partial charge in [-0.3, -0.25) is 9.59 Å². The van der Waals surface area contributed by atoms with Gasteiger partial charge in [0, 0.05) is 31.2 Å². The molecule has 0 aliphatic heterocycles. The summed E-state index contributed by atoms with van der Waals surface area (Å²) in [5.41, 5.74) is 0.914. The molecule has 1 aliphatic carbocycles. The molecule has 1 fully saturated rings. The molecule has 3 rings (SSSR count). The van der Waals surface area contributed by atoms with Gasteiger partial charge in [0.15, 0.2) is 5.82 Å². The lowest BCUT2D eigenvalue weighted by Crippen LogP contribution is -2.47. The van der Waals surface area contributed by atoms with Gasteiger partial charge in [-0.05, 0) is 36.6 Å².